The van der Waals surface area contributed by atoms with E-state index in [2.05, 4.69) is 25.3 Å². The lowest BCUT2D eigenvalue weighted by Crippen LogP contribution is -2.50. The molecule has 0 unspecified atom stereocenters. The number of fused-ring (bicyclic) bond motifs is 1. The van der Waals surface area contributed by atoms with Crippen LogP contribution in [-0.4, -0.2) is 58.0 Å². The number of aryl methyl sites for hydroxylation is 1. The zero-order valence-electron chi connectivity index (χ0n) is 22.0. The molecule has 2 aromatic carbocycles. The molecule has 4 aromatic rings. The number of imidazole rings is 1. The summed E-state index contributed by atoms with van der Waals surface area (Å²) >= 11 is 0. The average Bonchev–Trinajstić information content (AvgIpc) is 3.33. The molecule has 2 fully saturated rings. The minimum absolute atomic E-state index is 0. The molecule has 1 amide bonds. The normalized spacial score (nSPS) is 16.1. The van der Waals surface area contributed by atoms with Crippen molar-refractivity contribution in [2.24, 2.45) is 11.8 Å². The highest BCUT2D eigenvalue weighted by Crippen LogP contribution is 2.30. The summed E-state index contributed by atoms with van der Waals surface area (Å²) in [5.41, 5.74) is 4.62. The lowest BCUT2D eigenvalue weighted by Gasteiger charge is -2.40. The maximum Gasteiger partial charge on any atom is 0.387 e. The van der Waals surface area contributed by atoms with E-state index in [1.807, 2.05) is 34.4 Å². The summed E-state index contributed by atoms with van der Waals surface area (Å²) < 4.78 is 31.3. The Hall–Kier alpha value is -3.76. The molecule has 11 heteroatoms. The summed E-state index contributed by atoms with van der Waals surface area (Å²) in [6.45, 7) is 2.94. The highest BCUT2D eigenvalue weighted by atomic mass is 35.5. The van der Waals surface area contributed by atoms with Crippen LogP contribution in [0.3, 0.4) is 0 Å². The first kappa shape index (κ1) is 27.8. The number of aromatic nitrogens is 3. The molecule has 2 aromatic heterocycles. The second kappa shape index (κ2) is 11.8. The van der Waals surface area contributed by atoms with Gasteiger partial charge in [-0.05, 0) is 92.7 Å². The van der Waals surface area contributed by atoms with E-state index in [4.69, 9.17) is 0 Å². The number of alkyl halides is 2. The third-order valence-corrected chi connectivity index (χ3v) is 7.83. The molecule has 2 saturated heterocycles. The molecule has 8 nitrogen and oxygen atoms in total. The predicted octanol–water partition coefficient (Wildman–Crippen LogP) is 5.54. The number of rotatable bonds is 7. The first-order valence-electron chi connectivity index (χ1n) is 13.2. The van der Waals surface area contributed by atoms with Gasteiger partial charge < -0.3 is 20.3 Å². The van der Waals surface area contributed by atoms with E-state index >= 15 is 0 Å². The standard InChI is InChI=1S/C29H30F2N6O2.ClH/c1-18-14-22(4-7-24(18)28(38)36-11-8-19(9-12-36)21-15-32-16-21)35-26-27-34-17-25(37(27)13-10-33-26)20-2-5-23(6-3-20)39-29(30)31;/h2-7,10,13-14,17,19,21,29,32H,8-9,11-12,15-16H2,1H3,(H,33,35);1H. The zero-order valence-corrected chi connectivity index (χ0v) is 22.8. The smallest absolute Gasteiger partial charge is 0.387 e. The molecular weight excluding hydrogens is 538 g/mol. The third kappa shape index (κ3) is 5.59. The SMILES string of the molecule is Cc1cc(Nc2nccn3c(-c4ccc(OC(F)F)cc4)cnc23)ccc1C(=O)N1CCC(C2CNC2)CC1.Cl. The Morgan fingerprint density at radius 3 is 2.48 bits per heavy atom. The summed E-state index contributed by atoms with van der Waals surface area (Å²) in [6, 6.07) is 12.1. The number of carbonyl (C=O) groups excluding carboxylic acids is 1. The quantitative estimate of drug-likeness (QED) is 0.304. The van der Waals surface area contributed by atoms with Crippen LogP contribution in [0.5, 0.6) is 5.75 Å². The van der Waals surface area contributed by atoms with Gasteiger partial charge in [0.05, 0.1) is 11.9 Å². The Morgan fingerprint density at radius 2 is 1.82 bits per heavy atom. The van der Waals surface area contributed by atoms with Gasteiger partial charge in [0, 0.05) is 42.3 Å². The van der Waals surface area contributed by atoms with Crippen molar-refractivity contribution in [3.05, 3.63) is 72.2 Å². The lowest BCUT2D eigenvalue weighted by atomic mass is 9.81. The van der Waals surface area contributed by atoms with E-state index in [-0.39, 0.29) is 24.1 Å². The maximum absolute atomic E-state index is 13.3. The van der Waals surface area contributed by atoms with Crippen LogP contribution in [0, 0.1) is 18.8 Å². The Kier molecular flexibility index (Phi) is 8.18. The van der Waals surface area contributed by atoms with E-state index < -0.39 is 6.61 Å². The van der Waals surface area contributed by atoms with Crippen LogP contribution in [0.2, 0.25) is 0 Å². The highest BCUT2D eigenvalue weighted by molar-refractivity contribution is 5.96. The second-order valence-corrected chi connectivity index (χ2v) is 10.2. The zero-order chi connectivity index (χ0) is 26.9. The summed E-state index contributed by atoms with van der Waals surface area (Å²) in [4.78, 5) is 24.3. The van der Waals surface area contributed by atoms with Gasteiger partial charge in [-0.3, -0.25) is 9.20 Å². The highest BCUT2D eigenvalue weighted by Gasteiger charge is 2.32. The Morgan fingerprint density at radius 1 is 1.07 bits per heavy atom. The van der Waals surface area contributed by atoms with Gasteiger partial charge in [0.15, 0.2) is 11.5 Å². The Bertz CT molecular complexity index is 1480. The summed E-state index contributed by atoms with van der Waals surface area (Å²) in [7, 11) is 0. The van der Waals surface area contributed by atoms with E-state index in [1.54, 1.807) is 30.7 Å². The molecule has 0 saturated carbocycles. The number of ether oxygens (including phenoxy) is 1. The molecule has 0 bridgehead atoms. The summed E-state index contributed by atoms with van der Waals surface area (Å²) in [5.74, 6) is 2.24. The van der Waals surface area contributed by atoms with Crippen LogP contribution in [0.25, 0.3) is 16.9 Å². The second-order valence-electron chi connectivity index (χ2n) is 10.2. The van der Waals surface area contributed by atoms with Crippen LogP contribution in [0.15, 0.2) is 61.1 Å². The number of likely N-dealkylation sites (tertiary alicyclic amines) is 1. The number of hydrogen-bond acceptors (Lipinski definition) is 6. The van der Waals surface area contributed by atoms with E-state index in [0.717, 1.165) is 78.9 Å². The number of nitrogens with one attached hydrogen (secondary N) is 2. The number of piperidine rings is 1. The van der Waals surface area contributed by atoms with Gasteiger partial charge >= 0.3 is 6.61 Å². The monoisotopic (exact) mass is 568 g/mol. The van der Waals surface area contributed by atoms with Crippen molar-refractivity contribution in [3.8, 4) is 17.0 Å². The number of amides is 1. The summed E-state index contributed by atoms with van der Waals surface area (Å²) in [5, 5.41) is 6.68. The molecule has 2 aliphatic heterocycles. The lowest BCUT2D eigenvalue weighted by molar-refractivity contribution is -0.0498. The molecule has 0 spiro atoms. The van der Waals surface area contributed by atoms with Crippen molar-refractivity contribution < 1.29 is 18.3 Å². The molecule has 0 radical (unpaired) electrons. The predicted molar refractivity (Wildman–Crippen MR) is 152 cm³/mol. The fourth-order valence-corrected chi connectivity index (χ4v) is 5.53. The first-order valence-corrected chi connectivity index (χ1v) is 13.2. The number of halogens is 3. The number of benzene rings is 2. The number of carbonyl (C=O) groups is 1. The van der Waals surface area contributed by atoms with Crippen molar-refractivity contribution in [1.82, 2.24) is 24.6 Å². The number of anilines is 2. The minimum atomic E-state index is -2.87. The third-order valence-electron chi connectivity index (χ3n) is 7.83. The van der Waals surface area contributed by atoms with Gasteiger partial charge in [-0.1, -0.05) is 0 Å². The first-order chi connectivity index (χ1) is 19.0. The molecule has 2 aliphatic rings. The van der Waals surface area contributed by atoms with Gasteiger partial charge in [0.25, 0.3) is 5.91 Å². The van der Waals surface area contributed by atoms with Gasteiger partial charge in [-0.15, -0.1) is 12.4 Å². The van der Waals surface area contributed by atoms with Crippen LogP contribution in [0.1, 0.15) is 28.8 Å². The van der Waals surface area contributed by atoms with Crippen LogP contribution < -0.4 is 15.4 Å². The van der Waals surface area contributed by atoms with E-state index in [0.29, 0.717) is 11.5 Å². The van der Waals surface area contributed by atoms with Crippen molar-refractivity contribution in [2.75, 3.05) is 31.5 Å². The Balaban J connectivity index is 0.00000323. The molecule has 4 heterocycles. The molecular formula is C29H31ClF2N6O2. The van der Waals surface area contributed by atoms with E-state index in [1.165, 1.54) is 12.1 Å². The van der Waals surface area contributed by atoms with E-state index in [9.17, 15) is 13.6 Å². The van der Waals surface area contributed by atoms with Crippen LogP contribution >= 0.6 is 12.4 Å². The van der Waals surface area contributed by atoms with Crippen molar-refractivity contribution in [3.63, 3.8) is 0 Å². The minimum Gasteiger partial charge on any atom is -0.435 e. The maximum atomic E-state index is 13.3. The molecule has 40 heavy (non-hydrogen) atoms. The molecule has 2 N–H and O–H groups in total. The molecule has 0 aliphatic carbocycles. The van der Waals surface area contributed by atoms with Gasteiger partial charge in [-0.25, -0.2) is 9.97 Å². The van der Waals surface area contributed by atoms with Gasteiger partial charge in [0.2, 0.25) is 0 Å². The number of nitrogens with zero attached hydrogens (tertiary/aromatic N) is 4. The molecule has 210 valence electrons. The summed E-state index contributed by atoms with van der Waals surface area (Å²) in [6.07, 6.45) is 7.33. The van der Waals surface area contributed by atoms with Crippen molar-refractivity contribution >= 4 is 35.5 Å². The van der Waals surface area contributed by atoms with Crippen LogP contribution in [0.4, 0.5) is 20.3 Å². The average molecular weight is 569 g/mol. The van der Waals surface area contributed by atoms with Gasteiger partial charge in [0.1, 0.15) is 5.75 Å². The molecule has 0 atom stereocenters. The molecule has 6 rings (SSSR count). The fourth-order valence-electron chi connectivity index (χ4n) is 5.53. The Labute approximate surface area is 237 Å². The van der Waals surface area contributed by atoms with Crippen LogP contribution in [-0.2, 0) is 0 Å². The fraction of sp³-hybridized carbons (Fsp3) is 0.345. The van der Waals surface area contributed by atoms with Gasteiger partial charge in [-0.2, -0.15) is 8.78 Å². The van der Waals surface area contributed by atoms with Crippen molar-refractivity contribution in [2.45, 2.75) is 26.4 Å². The topological polar surface area (TPSA) is 83.8 Å². The largest absolute Gasteiger partial charge is 0.435 e. The number of hydrogen-bond donors (Lipinski definition) is 2. The van der Waals surface area contributed by atoms with Crippen molar-refractivity contribution in [1.29, 1.82) is 0 Å².